The summed E-state index contributed by atoms with van der Waals surface area (Å²) in [6, 6.07) is 16.6. The Labute approximate surface area is 171 Å². The fourth-order valence-electron chi connectivity index (χ4n) is 3.76. The van der Waals surface area contributed by atoms with Gasteiger partial charge < -0.3 is 5.73 Å². The van der Waals surface area contributed by atoms with Crippen LogP contribution in [0.2, 0.25) is 0 Å². The number of nitrogens with two attached hydrogens (primary N) is 1. The van der Waals surface area contributed by atoms with Gasteiger partial charge in [-0.3, -0.25) is 4.90 Å². The summed E-state index contributed by atoms with van der Waals surface area (Å²) in [5.74, 6) is -0.235. The molecule has 1 atom stereocenters. The van der Waals surface area contributed by atoms with Gasteiger partial charge in [0.25, 0.3) is 0 Å². The summed E-state index contributed by atoms with van der Waals surface area (Å²) in [5.41, 5.74) is 10.1. The predicted molar refractivity (Wildman–Crippen MR) is 113 cm³/mol. The number of para-hydroxylation sites is 1. The molecule has 1 aliphatic heterocycles. The maximum atomic E-state index is 13.4. The van der Waals surface area contributed by atoms with Crippen LogP contribution >= 0.6 is 12.4 Å². The number of halogens is 2. The molecule has 2 N–H and O–H groups in total. The molecule has 0 aliphatic carbocycles. The maximum Gasteiger partial charge on any atom is 0.123 e. The topological polar surface area (TPSA) is 47.1 Å². The van der Waals surface area contributed by atoms with E-state index in [4.69, 9.17) is 10.8 Å². The van der Waals surface area contributed by atoms with Crippen molar-refractivity contribution < 1.29 is 4.39 Å². The van der Waals surface area contributed by atoms with Crippen LogP contribution in [0.4, 0.5) is 4.39 Å². The third kappa shape index (κ3) is 4.27. The van der Waals surface area contributed by atoms with E-state index in [1.54, 1.807) is 12.1 Å². The molecular weight excluding hydrogens is 375 g/mol. The molecule has 0 saturated carbocycles. The minimum atomic E-state index is -0.235. The molecule has 4 nitrogen and oxygen atoms in total. The normalized spacial score (nSPS) is 19.5. The van der Waals surface area contributed by atoms with Gasteiger partial charge in [0.1, 0.15) is 5.82 Å². The largest absolute Gasteiger partial charge is 0.330 e. The molecule has 0 amide bonds. The van der Waals surface area contributed by atoms with Gasteiger partial charge in [-0.25, -0.2) is 9.07 Å². The first kappa shape index (κ1) is 20.5. The molecule has 0 spiro atoms. The van der Waals surface area contributed by atoms with Crippen LogP contribution in [0, 0.1) is 11.2 Å². The Bertz CT molecular complexity index is 910. The summed E-state index contributed by atoms with van der Waals surface area (Å²) in [6.07, 6.45) is 3.20. The van der Waals surface area contributed by atoms with Crippen molar-refractivity contribution in [1.29, 1.82) is 0 Å². The summed E-state index contributed by atoms with van der Waals surface area (Å²) in [6.45, 7) is 5.80. The number of likely N-dealkylation sites (tertiary alicyclic amines) is 1. The van der Waals surface area contributed by atoms with Gasteiger partial charge in [-0.05, 0) is 61.3 Å². The Kier molecular flexibility index (Phi) is 6.18. The second-order valence-corrected chi connectivity index (χ2v) is 7.77. The fraction of sp³-hybridized carbons (Fsp3) is 0.318. The molecule has 1 aromatic heterocycles. The number of hydrogen-bond donors (Lipinski definition) is 1. The van der Waals surface area contributed by atoms with Crippen LogP contribution < -0.4 is 5.73 Å². The number of nitrogens with zero attached hydrogens (tertiary/aromatic N) is 3. The zero-order valence-corrected chi connectivity index (χ0v) is 16.8. The quantitative estimate of drug-likeness (QED) is 0.695. The van der Waals surface area contributed by atoms with Gasteiger partial charge in [0.05, 0.1) is 11.4 Å². The first-order valence-electron chi connectivity index (χ1n) is 9.39. The minimum absolute atomic E-state index is 0. The Balaban J connectivity index is 0.00000225. The smallest absolute Gasteiger partial charge is 0.123 e. The lowest BCUT2D eigenvalue weighted by molar-refractivity contribution is 0.274. The van der Waals surface area contributed by atoms with E-state index in [2.05, 4.69) is 18.0 Å². The van der Waals surface area contributed by atoms with Gasteiger partial charge in [-0.15, -0.1) is 12.4 Å². The van der Waals surface area contributed by atoms with Crippen molar-refractivity contribution in [2.24, 2.45) is 11.1 Å². The van der Waals surface area contributed by atoms with Crippen molar-refractivity contribution >= 4 is 12.4 Å². The van der Waals surface area contributed by atoms with Crippen molar-refractivity contribution in [3.8, 4) is 16.9 Å². The van der Waals surface area contributed by atoms with Crippen LogP contribution in [0.15, 0.2) is 60.8 Å². The van der Waals surface area contributed by atoms with Crippen molar-refractivity contribution in [3.63, 3.8) is 0 Å². The van der Waals surface area contributed by atoms with Crippen LogP contribution in [0.5, 0.6) is 0 Å². The lowest BCUT2D eigenvalue weighted by Gasteiger charge is -2.22. The highest BCUT2D eigenvalue weighted by atomic mass is 35.5. The summed E-state index contributed by atoms with van der Waals surface area (Å²) in [5, 5.41) is 4.82. The molecule has 1 fully saturated rings. The fourth-order valence-corrected chi connectivity index (χ4v) is 3.76. The lowest BCUT2D eigenvalue weighted by atomic mass is 9.90. The van der Waals surface area contributed by atoms with E-state index < -0.39 is 0 Å². The number of benzene rings is 2. The van der Waals surface area contributed by atoms with Crippen molar-refractivity contribution in [2.45, 2.75) is 19.9 Å². The molecular formula is C22H26ClFN4. The zero-order valence-electron chi connectivity index (χ0n) is 16.0. The molecule has 2 heterocycles. The summed E-state index contributed by atoms with van der Waals surface area (Å²) < 4.78 is 15.3. The van der Waals surface area contributed by atoms with Gasteiger partial charge in [0.15, 0.2) is 0 Å². The average Bonchev–Trinajstić information content (AvgIpc) is 3.28. The third-order valence-corrected chi connectivity index (χ3v) is 5.45. The van der Waals surface area contributed by atoms with E-state index in [0.29, 0.717) is 6.54 Å². The van der Waals surface area contributed by atoms with E-state index in [1.165, 1.54) is 12.1 Å². The molecule has 0 bridgehead atoms. The molecule has 4 rings (SSSR count). The molecule has 1 saturated heterocycles. The highest BCUT2D eigenvalue weighted by Gasteiger charge is 2.32. The SMILES string of the molecule is CC1(CN)CCN(Cc2cn(-c3ccccc3)nc2-c2ccc(F)cc2)C1.Cl. The van der Waals surface area contributed by atoms with E-state index in [0.717, 1.165) is 48.6 Å². The minimum Gasteiger partial charge on any atom is -0.330 e. The first-order valence-corrected chi connectivity index (χ1v) is 9.39. The van der Waals surface area contributed by atoms with Gasteiger partial charge >= 0.3 is 0 Å². The lowest BCUT2D eigenvalue weighted by Crippen LogP contribution is -2.31. The van der Waals surface area contributed by atoms with E-state index in [-0.39, 0.29) is 23.6 Å². The second kappa shape index (κ2) is 8.43. The number of rotatable bonds is 5. The molecule has 2 aromatic carbocycles. The monoisotopic (exact) mass is 400 g/mol. The Hall–Kier alpha value is -2.21. The van der Waals surface area contributed by atoms with Gasteiger partial charge in [-0.1, -0.05) is 25.1 Å². The van der Waals surface area contributed by atoms with Crippen LogP contribution in [0.1, 0.15) is 18.9 Å². The Morgan fingerprint density at radius 1 is 1.11 bits per heavy atom. The summed E-state index contributed by atoms with van der Waals surface area (Å²) >= 11 is 0. The molecule has 1 unspecified atom stereocenters. The van der Waals surface area contributed by atoms with Crippen LogP contribution in [0.25, 0.3) is 16.9 Å². The number of hydrogen-bond acceptors (Lipinski definition) is 3. The van der Waals surface area contributed by atoms with Crippen molar-refractivity contribution in [3.05, 3.63) is 72.2 Å². The molecule has 28 heavy (non-hydrogen) atoms. The second-order valence-electron chi connectivity index (χ2n) is 7.77. The Morgan fingerprint density at radius 3 is 2.46 bits per heavy atom. The Morgan fingerprint density at radius 2 is 1.82 bits per heavy atom. The van der Waals surface area contributed by atoms with Crippen molar-refractivity contribution in [1.82, 2.24) is 14.7 Å². The molecule has 1 aliphatic rings. The molecule has 0 radical (unpaired) electrons. The van der Waals surface area contributed by atoms with Gasteiger partial charge in [0.2, 0.25) is 0 Å². The van der Waals surface area contributed by atoms with E-state index in [1.807, 2.05) is 35.0 Å². The van der Waals surface area contributed by atoms with Crippen LogP contribution in [-0.2, 0) is 6.54 Å². The standard InChI is InChI=1S/C22H25FN4.ClH/c1-22(15-24)11-12-26(16-22)13-18-14-27(20-5-3-2-4-6-20)25-21(18)17-7-9-19(23)10-8-17;/h2-10,14H,11-13,15-16,24H2,1H3;1H. The number of aromatic nitrogens is 2. The average molecular weight is 401 g/mol. The van der Waals surface area contributed by atoms with Crippen molar-refractivity contribution in [2.75, 3.05) is 19.6 Å². The first-order chi connectivity index (χ1) is 13.1. The zero-order chi connectivity index (χ0) is 18.9. The maximum absolute atomic E-state index is 13.4. The van der Waals surface area contributed by atoms with E-state index >= 15 is 0 Å². The molecule has 148 valence electrons. The molecule has 6 heteroatoms. The summed E-state index contributed by atoms with van der Waals surface area (Å²) in [7, 11) is 0. The van der Waals surface area contributed by atoms with E-state index in [9.17, 15) is 4.39 Å². The third-order valence-electron chi connectivity index (χ3n) is 5.45. The summed E-state index contributed by atoms with van der Waals surface area (Å²) in [4.78, 5) is 2.44. The predicted octanol–water partition coefficient (Wildman–Crippen LogP) is 4.27. The highest BCUT2D eigenvalue weighted by molar-refractivity contribution is 5.85. The molecule has 3 aromatic rings. The van der Waals surface area contributed by atoms with Crippen LogP contribution in [-0.4, -0.2) is 34.3 Å². The highest BCUT2D eigenvalue weighted by Crippen LogP contribution is 2.32. The van der Waals surface area contributed by atoms with Crippen LogP contribution in [0.3, 0.4) is 0 Å². The van der Waals surface area contributed by atoms with Gasteiger partial charge in [-0.2, -0.15) is 5.10 Å². The van der Waals surface area contributed by atoms with Gasteiger partial charge in [0, 0.05) is 30.4 Å².